The third-order valence-corrected chi connectivity index (χ3v) is 5.14. The quantitative estimate of drug-likeness (QED) is 0.488. The van der Waals surface area contributed by atoms with Crippen molar-refractivity contribution in [3.05, 3.63) is 78.4 Å². The Morgan fingerprint density at radius 1 is 1.10 bits per heavy atom. The van der Waals surface area contributed by atoms with Crippen LogP contribution in [0.4, 0.5) is 11.5 Å². The minimum absolute atomic E-state index is 0.440. The molecule has 0 radical (unpaired) electrons. The first-order valence-corrected chi connectivity index (χ1v) is 10.2. The third kappa shape index (κ3) is 4.32. The Hall–Kier alpha value is -3.95. The van der Waals surface area contributed by atoms with Gasteiger partial charge in [-0.05, 0) is 61.0 Å². The summed E-state index contributed by atoms with van der Waals surface area (Å²) >= 11 is 0. The average molecular weight is 407 g/mol. The third-order valence-electron chi connectivity index (χ3n) is 5.14. The summed E-state index contributed by atoms with van der Waals surface area (Å²) in [5.41, 5.74) is 3.77. The molecule has 0 bridgehead atoms. The summed E-state index contributed by atoms with van der Waals surface area (Å²) in [7, 11) is 0. The molecule has 1 fully saturated rings. The predicted octanol–water partition coefficient (Wildman–Crippen LogP) is 4.44. The molecule has 6 heteroatoms. The van der Waals surface area contributed by atoms with E-state index in [4.69, 9.17) is 4.74 Å². The first-order valence-electron chi connectivity index (χ1n) is 10.2. The van der Waals surface area contributed by atoms with Crippen LogP contribution in [0.1, 0.15) is 11.1 Å². The van der Waals surface area contributed by atoms with Crippen LogP contribution in [0.5, 0.6) is 11.5 Å². The fourth-order valence-electron chi connectivity index (χ4n) is 3.32. The van der Waals surface area contributed by atoms with Crippen LogP contribution in [0.25, 0.3) is 10.9 Å². The lowest BCUT2D eigenvalue weighted by Gasteiger charge is -2.21. The van der Waals surface area contributed by atoms with Crippen molar-refractivity contribution in [3.63, 3.8) is 0 Å². The van der Waals surface area contributed by atoms with Crippen molar-refractivity contribution in [2.75, 3.05) is 18.4 Å². The van der Waals surface area contributed by atoms with Crippen LogP contribution in [-0.2, 0) is 0 Å². The maximum absolute atomic E-state index is 5.92. The molecule has 0 amide bonds. The standard InChI is InChI=1S/C25H21N5O/c1-17-11-20(7-9-24(17)31-21-3-2-10-26-15-21)30-25-22-12-18(4-5-19-13-27-14-19)6-8-23(22)28-16-29-25/h2-3,6-12,15-16,19,27H,13-14H2,1H3,(H,28,29,30). The molecule has 6 nitrogen and oxygen atoms in total. The van der Waals surface area contributed by atoms with Gasteiger partial charge < -0.3 is 15.4 Å². The van der Waals surface area contributed by atoms with E-state index in [1.807, 2.05) is 55.5 Å². The molecule has 2 N–H and O–H groups in total. The number of fused-ring (bicyclic) bond motifs is 1. The maximum atomic E-state index is 5.92. The summed E-state index contributed by atoms with van der Waals surface area (Å²) in [6.45, 7) is 3.95. The van der Waals surface area contributed by atoms with Gasteiger partial charge in [0.25, 0.3) is 0 Å². The Morgan fingerprint density at radius 2 is 2.03 bits per heavy atom. The van der Waals surface area contributed by atoms with Crippen LogP contribution in [0.2, 0.25) is 0 Å². The number of anilines is 2. The number of rotatable bonds is 4. The normalized spacial score (nSPS) is 13.2. The van der Waals surface area contributed by atoms with Crippen LogP contribution >= 0.6 is 0 Å². The smallest absolute Gasteiger partial charge is 0.145 e. The van der Waals surface area contributed by atoms with E-state index in [9.17, 15) is 0 Å². The highest BCUT2D eigenvalue weighted by Gasteiger charge is 2.13. The van der Waals surface area contributed by atoms with E-state index in [1.165, 1.54) is 0 Å². The molecule has 4 aromatic rings. The molecule has 0 spiro atoms. The van der Waals surface area contributed by atoms with Gasteiger partial charge in [-0.15, -0.1) is 0 Å². The Morgan fingerprint density at radius 3 is 2.81 bits per heavy atom. The number of nitrogens with zero attached hydrogens (tertiary/aromatic N) is 3. The molecule has 5 rings (SSSR count). The van der Waals surface area contributed by atoms with Crippen molar-refractivity contribution in [1.82, 2.24) is 20.3 Å². The van der Waals surface area contributed by atoms with Crippen molar-refractivity contribution in [2.24, 2.45) is 5.92 Å². The summed E-state index contributed by atoms with van der Waals surface area (Å²) in [4.78, 5) is 12.9. The summed E-state index contributed by atoms with van der Waals surface area (Å²) < 4.78 is 5.92. The molecular weight excluding hydrogens is 386 g/mol. The van der Waals surface area contributed by atoms with Crippen molar-refractivity contribution < 1.29 is 4.74 Å². The lowest BCUT2D eigenvalue weighted by atomic mass is 10.0. The number of benzene rings is 2. The van der Waals surface area contributed by atoms with E-state index in [1.54, 1.807) is 18.7 Å². The first kappa shape index (κ1) is 19.0. The highest BCUT2D eigenvalue weighted by atomic mass is 16.5. The van der Waals surface area contributed by atoms with Gasteiger partial charge in [0.1, 0.15) is 23.6 Å². The van der Waals surface area contributed by atoms with Crippen molar-refractivity contribution in [3.8, 4) is 23.3 Å². The van der Waals surface area contributed by atoms with E-state index in [-0.39, 0.29) is 0 Å². The van der Waals surface area contributed by atoms with E-state index in [0.29, 0.717) is 11.7 Å². The molecule has 1 aliphatic heterocycles. The molecule has 0 atom stereocenters. The highest BCUT2D eigenvalue weighted by Crippen LogP contribution is 2.29. The number of pyridine rings is 1. The fraction of sp³-hybridized carbons (Fsp3) is 0.160. The van der Waals surface area contributed by atoms with Crippen molar-refractivity contribution in [2.45, 2.75) is 6.92 Å². The van der Waals surface area contributed by atoms with Gasteiger partial charge >= 0.3 is 0 Å². The predicted molar refractivity (Wildman–Crippen MR) is 122 cm³/mol. The van der Waals surface area contributed by atoms with Gasteiger partial charge in [0.05, 0.1) is 11.7 Å². The van der Waals surface area contributed by atoms with Crippen LogP contribution in [0, 0.1) is 24.7 Å². The van der Waals surface area contributed by atoms with Gasteiger partial charge in [0.2, 0.25) is 0 Å². The Balaban J connectivity index is 1.40. The van der Waals surface area contributed by atoms with Crippen LogP contribution in [0.15, 0.2) is 67.3 Å². The highest BCUT2D eigenvalue weighted by molar-refractivity contribution is 5.91. The zero-order valence-electron chi connectivity index (χ0n) is 17.1. The summed E-state index contributed by atoms with van der Waals surface area (Å²) in [6.07, 6.45) is 4.99. The lowest BCUT2D eigenvalue weighted by Crippen LogP contribution is -2.40. The molecule has 2 aromatic heterocycles. The van der Waals surface area contributed by atoms with Gasteiger partial charge in [0, 0.05) is 41.8 Å². The molecule has 1 saturated heterocycles. The minimum Gasteiger partial charge on any atom is -0.455 e. The summed E-state index contributed by atoms with van der Waals surface area (Å²) in [5, 5.41) is 7.60. The monoisotopic (exact) mass is 407 g/mol. The number of ether oxygens (including phenoxy) is 1. The van der Waals surface area contributed by atoms with Gasteiger partial charge in [-0.2, -0.15) is 0 Å². The maximum Gasteiger partial charge on any atom is 0.145 e. The number of aromatic nitrogens is 3. The molecule has 31 heavy (non-hydrogen) atoms. The van der Waals surface area contributed by atoms with Gasteiger partial charge in [-0.1, -0.05) is 11.8 Å². The molecular formula is C25H21N5O. The molecule has 1 aliphatic rings. The second kappa shape index (κ2) is 8.42. The van der Waals surface area contributed by atoms with E-state index < -0.39 is 0 Å². The zero-order valence-corrected chi connectivity index (χ0v) is 17.1. The van der Waals surface area contributed by atoms with Gasteiger partial charge in [0.15, 0.2) is 0 Å². The van der Waals surface area contributed by atoms with Gasteiger partial charge in [-0.3, -0.25) is 4.98 Å². The molecule has 2 aromatic carbocycles. The second-order valence-corrected chi connectivity index (χ2v) is 7.47. The second-order valence-electron chi connectivity index (χ2n) is 7.47. The number of hydrogen-bond donors (Lipinski definition) is 2. The van der Waals surface area contributed by atoms with Crippen LogP contribution < -0.4 is 15.4 Å². The number of hydrogen-bond acceptors (Lipinski definition) is 6. The van der Waals surface area contributed by atoms with E-state index in [0.717, 1.165) is 52.4 Å². The molecule has 152 valence electrons. The average Bonchev–Trinajstić information content (AvgIpc) is 2.76. The van der Waals surface area contributed by atoms with E-state index in [2.05, 4.69) is 37.4 Å². The topological polar surface area (TPSA) is 72.0 Å². The fourth-order valence-corrected chi connectivity index (χ4v) is 3.32. The van der Waals surface area contributed by atoms with Gasteiger partial charge in [-0.25, -0.2) is 9.97 Å². The lowest BCUT2D eigenvalue weighted by molar-refractivity contribution is 0.432. The van der Waals surface area contributed by atoms with Crippen LogP contribution in [-0.4, -0.2) is 28.0 Å². The van der Waals surface area contributed by atoms with Crippen molar-refractivity contribution >= 4 is 22.4 Å². The minimum atomic E-state index is 0.440. The molecule has 0 saturated carbocycles. The van der Waals surface area contributed by atoms with Crippen LogP contribution in [0.3, 0.4) is 0 Å². The van der Waals surface area contributed by atoms with E-state index >= 15 is 0 Å². The first-order chi connectivity index (χ1) is 15.2. The largest absolute Gasteiger partial charge is 0.455 e. The number of nitrogens with one attached hydrogen (secondary N) is 2. The Labute approximate surface area is 180 Å². The SMILES string of the molecule is Cc1cc(Nc2ncnc3ccc(C#CC4CNC4)cc23)ccc1Oc1cccnc1. The summed E-state index contributed by atoms with van der Waals surface area (Å²) in [5.74, 6) is 9.27. The molecule has 3 heterocycles. The Kier molecular flexibility index (Phi) is 5.17. The number of aryl methyl sites for hydroxylation is 1. The molecule has 0 unspecified atom stereocenters. The zero-order chi connectivity index (χ0) is 21.0. The van der Waals surface area contributed by atoms with Crippen molar-refractivity contribution in [1.29, 1.82) is 0 Å². The summed E-state index contributed by atoms with van der Waals surface area (Å²) in [6, 6.07) is 15.7. The Bertz CT molecular complexity index is 1290. The molecule has 0 aliphatic carbocycles.